The van der Waals surface area contributed by atoms with Crippen LogP contribution >= 0.6 is 0 Å². The minimum atomic E-state index is -4.62. The standard InChI is InChI=1S/C18H19F2NO2S/c19-17(20)24(22,23)16-10-5-4-9-15(16)21-13-18(11-6-12-18)14-7-2-1-3-8-14/h1-5,7-10,17,21H,6,11-13H2. The highest BCUT2D eigenvalue weighted by atomic mass is 32.2. The Morgan fingerprint density at radius 2 is 1.62 bits per heavy atom. The van der Waals surface area contributed by atoms with Gasteiger partial charge in [-0.25, -0.2) is 8.42 Å². The third-order valence-corrected chi connectivity index (χ3v) is 6.18. The molecule has 1 N–H and O–H groups in total. The Morgan fingerprint density at radius 3 is 2.21 bits per heavy atom. The van der Waals surface area contributed by atoms with E-state index in [1.807, 2.05) is 18.2 Å². The number of hydrogen-bond donors (Lipinski definition) is 1. The second-order valence-electron chi connectivity index (χ2n) is 6.16. The summed E-state index contributed by atoms with van der Waals surface area (Å²) in [6.45, 7) is 0.521. The minimum absolute atomic E-state index is 0.0665. The van der Waals surface area contributed by atoms with E-state index in [1.165, 1.54) is 23.8 Å². The van der Waals surface area contributed by atoms with Crippen molar-refractivity contribution in [1.82, 2.24) is 0 Å². The van der Waals surface area contributed by atoms with Gasteiger partial charge in [-0.15, -0.1) is 0 Å². The number of sulfone groups is 1. The lowest BCUT2D eigenvalue weighted by Crippen LogP contribution is -2.41. The Kier molecular flexibility index (Phi) is 4.58. The van der Waals surface area contributed by atoms with Gasteiger partial charge in [-0.1, -0.05) is 48.9 Å². The lowest BCUT2D eigenvalue weighted by molar-refractivity contribution is 0.234. The molecule has 1 aliphatic carbocycles. The summed E-state index contributed by atoms with van der Waals surface area (Å²) in [4.78, 5) is -0.345. The molecule has 3 nitrogen and oxygen atoms in total. The lowest BCUT2D eigenvalue weighted by Gasteiger charge is -2.43. The van der Waals surface area contributed by atoms with E-state index in [-0.39, 0.29) is 16.0 Å². The molecule has 0 aliphatic heterocycles. The number of anilines is 1. The van der Waals surface area contributed by atoms with E-state index in [0.29, 0.717) is 6.54 Å². The molecule has 1 saturated carbocycles. The highest BCUT2D eigenvalue weighted by Crippen LogP contribution is 2.44. The largest absolute Gasteiger partial charge is 0.383 e. The Bertz CT molecular complexity index is 803. The average Bonchev–Trinajstić information content (AvgIpc) is 2.55. The molecule has 24 heavy (non-hydrogen) atoms. The molecule has 2 aromatic rings. The number of halogens is 2. The summed E-state index contributed by atoms with van der Waals surface area (Å²) in [5.74, 6) is -3.42. The Labute approximate surface area is 140 Å². The number of para-hydroxylation sites is 1. The molecular weight excluding hydrogens is 332 g/mol. The van der Waals surface area contributed by atoms with Crippen LogP contribution in [0.3, 0.4) is 0 Å². The second-order valence-corrected chi connectivity index (χ2v) is 8.04. The molecule has 0 atom stereocenters. The van der Waals surface area contributed by atoms with Crippen molar-refractivity contribution in [3.05, 3.63) is 60.2 Å². The van der Waals surface area contributed by atoms with Crippen molar-refractivity contribution in [3.63, 3.8) is 0 Å². The number of nitrogens with one attached hydrogen (secondary N) is 1. The molecule has 0 unspecified atom stereocenters. The van der Waals surface area contributed by atoms with Crippen molar-refractivity contribution in [3.8, 4) is 0 Å². The topological polar surface area (TPSA) is 46.2 Å². The first-order valence-electron chi connectivity index (χ1n) is 7.86. The van der Waals surface area contributed by atoms with Gasteiger partial charge in [0.2, 0.25) is 9.84 Å². The molecule has 128 valence electrons. The third kappa shape index (κ3) is 3.02. The highest BCUT2D eigenvalue weighted by molar-refractivity contribution is 7.91. The fraction of sp³-hybridized carbons (Fsp3) is 0.333. The minimum Gasteiger partial charge on any atom is -0.383 e. The summed E-state index contributed by atoms with van der Waals surface area (Å²) < 4.78 is 49.4. The zero-order valence-corrected chi connectivity index (χ0v) is 13.9. The SMILES string of the molecule is O=S(=O)(c1ccccc1NCC1(c2ccccc2)CCC1)C(F)F. The number of benzene rings is 2. The fourth-order valence-electron chi connectivity index (χ4n) is 3.18. The normalized spacial score (nSPS) is 16.6. The van der Waals surface area contributed by atoms with Gasteiger partial charge < -0.3 is 5.32 Å². The predicted octanol–water partition coefficient (Wildman–Crippen LogP) is 4.22. The van der Waals surface area contributed by atoms with Crippen LogP contribution in [-0.2, 0) is 15.3 Å². The first-order valence-corrected chi connectivity index (χ1v) is 9.41. The van der Waals surface area contributed by atoms with Crippen LogP contribution in [0, 0.1) is 0 Å². The van der Waals surface area contributed by atoms with Crippen molar-refractivity contribution < 1.29 is 17.2 Å². The van der Waals surface area contributed by atoms with Crippen LogP contribution < -0.4 is 5.32 Å². The molecule has 0 heterocycles. The van der Waals surface area contributed by atoms with Gasteiger partial charge in [0.1, 0.15) is 0 Å². The zero-order chi connectivity index (χ0) is 17.2. The van der Waals surface area contributed by atoms with E-state index in [4.69, 9.17) is 0 Å². The molecule has 0 saturated heterocycles. The van der Waals surface area contributed by atoms with E-state index in [9.17, 15) is 17.2 Å². The summed E-state index contributed by atoms with van der Waals surface area (Å²) in [7, 11) is -4.62. The number of alkyl halides is 2. The Balaban J connectivity index is 1.85. The van der Waals surface area contributed by atoms with E-state index in [2.05, 4.69) is 17.4 Å². The molecule has 0 bridgehead atoms. The van der Waals surface area contributed by atoms with Gasteiger partial charge >= 0.3 is 5.76 Å². The van der Waals surface area contributed by atoms with Crippen LogP contribution in [0.15, 0.2) is 59.5 Å². The molecular formula is C18H19F2NO2S. The molecule has 3 rings (SSSR count). The summed E-state index contributed by atoms with van der Waals surface area (Å²) >= 11 is 0. The van der Waals surface area contributed by atoms with Gasteiger partial charge in [-0.05, 0) is 30.5 Å². The summed E-state index contributed by atoms with van der Waals surface area (Å²) in [6.07, 6.45) is 3.09. The molecule has 0 spiro atoms. The number of hydrogen-bond acceptors (Lipinski definition) is 3. The first kappa shape index (κ1) is 16.9. The van der Waals surface area contributed by atoms with E-state index in [1.54, 1.807) is 6.07 Å². The van der Waals surface area contributed by atoms with Crippen molar-refractivity contribution in [2.24, 2.45) is 0 Å². The summed E-state index contributed by atoms with van der Waals surface area (Å²) in [5.41, 5.74) is 1.36. The molecule has 6 heteroatoms. The first-order chi connectivity index (χ1) is 11.5. The van der Waals surface area contributed by atoms with Gasteiger partial charge in [0.25, 0.3) is 0 Å². The molecule has 0 amide bonds. The van der Waals surface area contributed by atoms with Gasteiger partial charge in [0, 0.05) is 12.0 Å². The smallest absolute Gasteiger partial charge is 0.341 e. The highest BCUT2D eigenvalue weighted by Gasteiger charge is 2.38. The van der Waals surface area contributed by atoms with Gasteiger partial charge in [0.15, 0.2) is 0 Å². The molecule has 0 radical (unpaired) electrons. The van der Waals surface area contributed by atoms with E-state index in [0.717, 1.165) is 19.3 Å². The van der Waals surface area contributed by atoms with Crippen LogP contribution in [0.5, 0.6) is 0 Å². The van der Waals surface area contributed by atoms with Gasteiger partial charge in [0.05, 0.1) is 10.6 Å². The Hall–Kier alpha value is -1.95. The van der Waals surface area contributed by atoms with Crippen LogP contribution in [0.4, 0.5) is 14.5 Å². The van der Waals surface area contributed by atoms with Crippen LogP contribution in [-0.4, -0.2) is 20.7 Å². The fourth-order valence-corrected chi connectivity index (χ4v) is 4.09. The second kappa shape index (κ2) is 6.51. The van der Waals surface area contributed by atoms with Crippen LogP contribution in [0.1, 0.15) is 24.8 Å². The average molecular weight is 351 g/mol. The molecule has 2 aromatic carbocycles. The maximum atomic E-state index is 12.9. The lowest BCUT2D eigenvalue weighted by atomic mass is 9.64. The summed E-state index contributed by atoms with van der Waals surface area (Å²) in [6, 6.07) is 15.9. The molecule has 1 fully saturated rings. The van der Waals surface area contributed by atoms with Gasteiger partial charge in [-0.2, -0.15) is 8.78 Å². The van der Waals surface area contributed by atoms with Crippen molar-refractivity contribution in [2.75, 3.05) is 11.9 Å². The summed E-state index contributed by atoms with van der Waals surface area (Å²) in [5, 5.41) is 3.10. The zero-order valence-electron chi connectivity index (χ0n) is 13.1. The quantitative estimate of drug-likeness (QED) is 0.848. The monoisotopic (exact) mass is 351 g/mol. The van der Waals surface area contributed by atoms with Crippen molar-refractivity contribution >= 4 is 15.5 Å². The van der Waals surface area contributed by atoms with E-state index < -0.39 is 15.6 Å². The van der Waals surface area contributed by atoms with Crippen molar-refractivity contribution in [2.45, 2.75) is 35.3 Å². The van der Waals surface area contributed by atoms with E-state index >= 15 is 0 Å². The van der Waals surface area contributed by atoms with Crippen molar-refractivity contribution in [1.29, 1.82) is 0 Å². The maximum Gasteiger partial charge on any atom is 0.341 e. The van der Waals surface area contributed by atoms with Gasteiger partial charge in [-0.3, -0.25) is 0 Å². The van der Waals surface area contributed by atoms with Crippen LogP contribution in [0.2, 0.25) is 0 Å². The Morgan fingerprint density at radius 1 is 1.00 bits per heavy atom. The predicted molar refractivity (Wildman–Crippen MR) is 90.1 cm³/mol. The molecule has 0 aromatic heterocycles. The molecule has 1 aliphatic rings. The third-order valence-electron chi connectivity index (χ3n) is 4.74. The maximum absolute atomic E-state index is 12.9. The number of rotatable bonds is 6. The van der Waals surface area contributed by atoms with Crippen LogP contribution in [0.25, 0.3) is 0 Å².